The first-order chi connectivity index (χ1) is 11.6. The van der Waals surface area contributed by atoms with Crippen LogP contribution in [0.5, 0.6) is 0 Å². The van der Waals surface area contributed by atoms with Crippen LogP contribution in [0.3, 0.4) is 0 Å². The average Bonchev–Trinajstić information content (AvgIpc) is 2.62. The molecule has 3 aromatic carbocycles. The van der Waals surface area contributed by atoms with Gasteiger partial charge in [0.05, 0.1) is 0 Å². The van der Waals surface area contributed by atoms with E-state index in [0.29, 0.717) is 0 Å². The van der Waals surface area contributed by atoms with Crippen LogP contribution < -0.4 is 0 Å². The molecule has 3 aromatic rings. The van der Waals surface area contributed by atoms with E-state index in [1.807, 2.05) is 0 Å². The number of hydrogen-bond acceptors (Lipinski definition) is 1. The van der Waals surface area contributed by atoms with Gasteiger partial charge in [-0.05, 0) is 62.2 Å². The summed E-state index contributed by atoms with van der Waals surface area (Å²) in [7, 11) is 2.23. The fourth-order valence-electron chi connectivity index (χ4n) is 3.26. The topological polar surface area (TPSA) is 3.24 Å². The average molecular weight is 317 g/mol. The first-order valence-corrected chi connectivity index (χ1v) is 8.82. The van der Waals surface area contributed by atoms with Gasteiger partial charge in [0.25, 0.3) is 0 Å². The molecular weight excluding hydrogens is 290 g/mol. The number of rotatable bonds is 6. The molecule has 0 amide bonds. The summed E-state index contributed by atoms with van der Waals surface area (Å²) in [6, 6.07) is 26.2. The largest absolute Gasteiger partial charge is 0.297 e. The van der Waals surface area contributed by atoms with Crippen molar-refractivity contribution >= 4 is 10.8 Å². The van der Waals surface area contributed by atoms with Gasteiger partial charge < -0.3 is 0 Å². The van der Waals surface area contributed by atoms with Crippen LogP contribution in [0.4, 0.5) is 0 Å². The van der Waals surface area contributed by atoms with Crippen molar-refractivity contribution in [2.45, 2.75) is 32.2 Å². The molecule has 3 rings (SSSR count). The Kier molecular flexibility index (Phi) is 5.01. The van der Waals surface area contributed by atoms with Crippen LogP contribution >= 0.6 is 0 Å². The molecule has 0 heterocycles. The predicted molar refractivity (Wildman–Crippen MR) is 104 cm³/mol. The molecule has 0 bridgehead atoms. The molecule has 0 N–H and O–H groups in total. The minimum absolute atomic E-state index is 0.0602. The zero-order valence-electron chi connectivity index (χ0n) is 15.0. The summed E-state index contributed by atoms with van der Waals surface area (Å²) in [6.45, 7) is 5.70. The van der Waals surface area contributed by atoms with Gasteiger partial charge in [-0.3, -0.25) is 4.90 Å². The summed E-state index contributed by atoms with van der Waals surface area (Å²) < 4.78 is 0. The van der Waals surface area contributed by atoms with Gasteiger partial charge in [0, 0.05) is 5.54 Å². The van der Waals surface area contributed by atoms with E-state index >= 15 is 0 Å². The van der Waals surface area contributed by atoms with Crippen molar-refractivity contribution in [2.75, 3.05) is 13.6 Å². The summed E-state index contributed by atoms with van der Waals surface area (Å²) in [4.78, 5) is 2.46. The minimum atomic E-state index is 0.0602. The first-order valence-electron chi connectivity index (χ1n) is 8.82. The quantitative estimate of drug-likeness (QED) is 0.568. The maximum absolute atomic E-state index is 2.46. The van der Waals surface area contributed by atoms with Crippen molar-refractivity contribution in [3.8, 4) is 0 Å². The lowest BCUT2D eigenvalue weighted by Crippen LogP contribution is -2.39. The Morgan fingerprint density at radius 2 is 1.46 bits per heavy atom. The number of hydrogen-bond donors (Lipinski definition) is 0. The lowest BCUT2D eigenvalue weighted by atomic mass is 9.92. The molecule has 1 nitrogen and oxygen atoms in total. The van der Waals surface area contributed by atoms with Crippen LogP contribution in [-0.4, -0.2) is 18.5 Å². The molecule has 0 spiro atoms. The predicted octanol–water partition coefficient (Wildman–Crippen LogP) is 5.64. The smallest absolute Gasteiger partial charge is 0.0401 e. The fourth-order valence-corrected chi connectivity index (χ4v) is 3.26. The van der Waals surface area contributed by atoms with Crippen LogP contribution in [-0.2, 0) is 12.0 Å². The Bertz CT molecular complexity index is 789. The van der Waals surface area contributed by atoms with E-state index in [4.69, 9.17) is 0 Å². The zero-order valence-corrected chi connectivity index (χ0v) is 15.0. The highest BCUT2D eigenvalue weighted by molar-refractivity contribution is 5.82. The molecule has 0 aromatic heterocycles. The molecule has 1 heteroatoms. The summed E-state index contributed by atoms with van der Waals surface area (Å²) >= 11 is 0. The van der Waals surface area contributed by atoms with E-state index in [0.717, 1.165) is 13.0 Å². The minimum Gasteiger partial charge on any atom is -0.297 e. The number of fused-ring (bicyclic) bond motifs is 1. The lowest BCUT2D eigenvalue weighted by molar-refractivity contribution is 0.155. The summed E-state index contributed by atoms with van der Waals surface area (Å²) in [5, 5.41) is 2.66. The van der Waals surface area contributed by atoms with Crippen LogP contribution in [0, 0.1) is 0 Å². The lowest BCUT2D eigenvalue weighted by Gasteiger charge is -2.36. The van der Waals surface area contributed by atoms with Gasteiger partial charge >= 0.3 is 0 Å². The SMILES string of the molecule is CN(CCCc1ccc2ccccc2c1)C(C)(C)c1ccccc1. The van der Waals surface area contributed by atoms with E-state index in [9.17, 15) is 0 Å². The van der Waals surface area contributed by atoms with Gasteiger partial charge in [-0.25, -0.2) is 0 Å². The Morgan fingerprint density at radius 3 is 2.21 bits per heavy atom. The second kappa shape index (κ2) is 7.19. The molecule has 0 saturated heterocycles. The fraction of sp³-hybridized carbons (Fsp3) is 0.304. The molecule has 0 aliphatic rings. The number of nitrogens with zero attached hydrogens (tertiary/aromatic N) is 1. The van der Waals surface area contributed by atoms with Crippen molar-refractivity contribution in [2.24, 2.45) is 0 Å². The molecule has 0 aliphatic heterocycles. The third-order valence-electron chi connectivity index (χ3n) is 5.21. The third-order valence-corrected chi connectivity index (χ3v) is 5.21. The Morgan fingerprint density at radius 1 is 0.792 bits per heavy atom. The molecule has 124 valence electrons. The Hall–Kier alpha value is -2.12. The van der Waals surface area contributed by atoms with Crippen LogP contribution in [0.15, 0.2) is 72.8 Å². The van der Waals surface area contributed by atoms with Crippen molar-refractivity contribution in [3.63, 3.8) is 0 Å². The van der Waals surface area contributed by atoms with Crippen LogP contribution in [0.25, 0.3) is 10.8 Å². The van der Waals surface area contributed by atoms with E-state index in [1.165, 1.54) is 28.3 Å². The highest BCUT2D eigenvalue weighted by Gasteiger charge is 2.24. The molecule has 0 aliphatic carbocycles. The van der Waals surface area contributed by atoms with Crippen molar-refractivity contribution in [3.05, 3.63) is 83.9 Å². The maximum atomic E-state index is 2.46. The standard InChI is InChI=1S/C23H27N/c1-23(2,22-13-5-4-6-14-22)24(3)17-9-10-19-15-16-20-11-7-8-12-21(20)18-19/h4-8,11-16,18H,9-10,17H2,1-3H3. The number of aryl methyl sites for hydroxylation is 1. The highest BCUT2D eigenvalue weighted by Crippen LogP contribution is 2.26. The molecule has 24 heavy (non-hydrogen) atoms. The van der Waals surface area contributed by atoms with Gasteiger partial charge in [0.2, 0.25) is 0 Å². The first kappa shape index (κ1) is 16.7. The third kappa shape index (κ3) is 3.68. The van der Waals surface area contributed by atoms with Crippen molar-refractivity contribution < 1.29 is 0 Å². The van der Waals surface area contributed by atoms with E-state index in [2.05, 4.69) is 98.6 Å². The van der Waals surface area contributed by atoms with Gasteiger partial charge in [-0.2, -0.15) is 0 Å². The zero-order chi connectivity index (χ0) is 17.0. The van der Waals surface area contributed by atoms with Crippen LogP contribution in [0.1, 0.15) is 31.4 Å². The maximum Gasteiger partial charge on any atom is 0.0401 e. The van der Waals surface area contributed by atoms with Crippen LogP contribution in [0.2, 0.25) is 0 Å². The van der Waals surface area contributed by atoms with E-state index in [-0.39, 0.29) is 5.54 Å². The van der Waals surface area contributed by atoms with E-state index < -0.39 is 0 Å². The molecule has 0 atom stereocenters. The van der Waals surface area contributed by atoms with Gasteiger partial charge in [-0.15, -0.1) is 0 Å². The highest BCUT2D eigenvalue weighted by atomic mass is 15.2. The van der Waals surface area contributed by atoms with E-state index in [1.54, 1.807) is 0 Å². The van der Waals surface area contributed by atoms with Gasteiger partial charge in [0.1, 0.15) is 0 Å². The second-order valence-corrected chi connectivity index (χ2v) is 7.13. The summed E-state index contributed by atoms with van der Waals surface area (Å²) in [6.07, 6.45) is 2.30. The van der Waals surface area contributed by atoms with Gasteiger partial charge in [-0.1, -0.05) is 72.8 Å². The molecule has 0 radical (unpaired) electrons. The summed E-state index contributed by atoms with van der Waals surface area (Å²) in [5.41, 5.74) is 2.86. The van der Waals surface area contributed by atoms with Crippen molar-refractivity contribution in [1.82, 2.24) is 4.90 Å². The summed E-state index contributed by atoms with van der Waals surface area (Å²) in [5.74, 6) is 0. The normalized spacial score (nSPS) is 12.0. The number of benzene rings is 3. The molecular formula is C23H27N. The Balaban J connectivity index is 1.60. The monoisotopic (exact) mass is 317 g/mol. The Labute approximate surface area is 145 Å². The second-order valence-electron chi connectivity index (χ2n) is 7.13. The van der Waals surface area contributed by atoms with Crippen molar-refractivity contribution in [1.29, 1.82) is 0 Å². The van der Waals surface area contributed by atoms with Gasteiger partial charge in [0.15, 0.2) is 0 Å². The molecule has 0 unspecified atom stereocenters. The molecule has 0 saturated carbocycles. The molecule has 0 fully saturated rings.